The van der Waals surface area contributed by atoms with Crippen LogP contribution in [0.5, 0.6) is 0 Å². The van der Waals surface area contributed by atoms with E-state index in [1.807, 2.05) is 32.0 Å². The molecule has 190 valence electrons. The molecule has 9 heteroatoms. The quantitative estimate of drug-likeness (QED) is 0.562. The van der Waals surface area contributed by atoms with Crippen LogP contribution in [-0.2, 0) is 17.5 Å². The molecule has 2 aromatic carbocycles. The van der Waals surface area contributed by atoms with Crippen molar-refractivity contribution in [3.63, 3.8) is 0 Å². The molecule has 1 heterocycles. The van der Waals surface area contributed by atoms with Gasteiger partial charge >= 0.3 is 12.2 Å². The van der Waals surface area contributed by atoms with E-state index in [1.54, 1.807) is 4.90 Å². The lowest BCUT2D eigenvalue weighted by Crippen LogP contribution is -2.49. The second-order valence-corrected chi connectivity index (χ2v) is 8.82. The van der Waals surface area contributed by atoms with Crippen molar-refractivity contribution in [2.45, 2.75) is 45.5 Å². The number of para-hydroxylation sites is 1. The molecule has 0 saturated carbocycles. The summed E-state index contributed by atoms with van der Waals surface area (Å²) in [5.41, 5.74) is 0.0376. The summed E-state index contributed by atoms with van der Waals surface area (Å²) in [6.07, 6.45) is -3.85. The molecule has 0 aromatic heterocycles. The number of anilines is 1. The van der Waals surface area contributed by atoms with Crippen molar-refractivity contribution in [3.8, 4) is 0 Å². The van der Waals surface area contributed by atoms with Gasteiger partial charge in [-0.15, -0.1) is 0 Å². The van der Waals surface area contributed by atoms with Crippen LogP contribution in [0.15, 0.2) is 54.6 Å². The molecule has 3 amide bonds. The zero-order valence-electron chi connectivity index (χ0n) is 20.2. The van der Waals surface area contributed by atoms with Crippen molar-refractivity contribution in [3.05, 3.63) is 65.7 Å². The highest BCUT2D eigenvalue weighted by Gasteiger charge is 2.34. The first-order valence-electron chi connectivity index (χ1n) is 12.0. The molecule has 35 heavy (non-hydrogen) atoms. The normalized spacial score (nSPS) is 15.5. The highest BCUT2D eigenvalue weighted by Crippen LogP contribution is 2.34. The van der Waals surface area contributed by atoms with Gasteiger partial charge in [0.05, 0.1) is 11.3 Å². The van der Waals surface area contributed by atoms with Gasteiger partial charge in [0.1, 0.15) is 0 Å². The molecule has 1 aliphatic heterocycles. The smallest absolute Gasteiger partial charge is 0.340 e. The van der Waals surface area contributed by atoms with Crippen LogP contribution in [0.2, 0.25) is 0 Å². The summed E-state index contributed by atoms with van der Waals surface area (Å²) in [5, 5.41) is 2.40. The molecule has 1 unspecified atom stereocenters. The number of amides is 3. The van der Waals surface area contributed by atoms with Crippen molar-refractivity contribution >= 4 is 17.6 Å². The Morgan fingerprint density at radius 2 is 1.63 bits per heavy atom. The zero-order chi connectivity index (χ0) is 25.4. The van der Waals surface area contributed by atoms with E-state index in [2.05, 4.69) is 22.3 Å². The maximum absolute atomic E-state index is 13.3. The van der Waals surface area contributed by atoms with E-state index in [0.717, 1.165) is 25.7 Å². The highest BCUT2D eigenvalue weighted by atomic mass is 19.4. The first-order valence-corrected chi connectivity index (χ1v) is 12.0. The summed E-state index contributed by atoms with van der Waals surface area (Å²) < 4.78 is 39.9. The van der Waals surface area contributed by atoms with Crippen molar-refractivity contribution in [1.82, 2.24) is 14.7 Å². The minimum Gasteiger partial charge on any atom is -0.340 e. The maximum atomic E-state index is 13.3. The van der Waals surface area contributed by atoms with Gasteiger partial charge in [0, 0.05) is 51.7 Å². The first kappa shape index (κ1) is 26.5. The molecule has 0 spiro atoms. The van der Waals surface area contributed by atoms with Gasteiger partial charge in [-0.2, -0.15) is 13.2 Å². The molecular weight excluding hydrogens is 457 g/mol. The van der Waals surface area contributed by atoms with E-state index in [9.17, 15) is 22.8 Å². The van der Waals surface area contributed by atoms with Gasteiger partial charge in [-0.1, -0.05) is 49.4 Å². The number of halogens is 3. The third kappa shape index (κ3) is 7.45. The lowest BCUT2D eigenvalue weighted by molar-refractivity contribution is -0.137. The average Bonchev–Trinajstić information content (AvgIpc) is 2.84. The van der Waals surface area contributed by atoms with Gasteiger partial charge in [-0.25, -0.2) is 4.79 Å². The number of hydrogen-bond acceptors (Lipinski definition) is 3. The van der Waals surface area contributed by atoms with Crippen LogP contribution in [0.1, 0.15) is 37.8 Å². The van der Waals surface area contributed by atoms with Crippen LogP contribution in [0, 0.1) is 0 Å². The van der Waals surface area contributed by atoms with Gasteiger partial charge in [-0.3, -0.25) is 9.69 Å². The number of rotatable bonds is 8. The number of carbonyl (C=O) groups is 2. The number of carbonyl (C=O) groups excluding carboxylic acids is 2. The Morgan fingerprint density at radius 3 is 2.26 bits per heavy atom. The van der Waals surface area contributed by atoms with Gasteiger partial charge in [-0.05, 0) is 31.0 Å². The fourth-order valence-electron chi connectivity index (χ4n) is 4.14. The molecule has 1 saturated heterocycles. The molecule has 1 fully saturated rings. The molecule has 1 N–H and O–H groups in total. The SMILES string of the molecule is CCC(C)N(CCC(=O)N1CCN(Cc2ccccc2)CC1)C(=O)Nc1ccccc1C(F)(F)F. The molecule has 3 rings (SSSR count). The Hall–Kier alpha value is -3.07. The fourth-order valence-corrected chi connectivity index (χ4v) is 4.14. The van der Waals surface area contributed by atoms with Gasteiger partial charge < -0.3 is 15.1 Å². The monoisotopic (exact) mass is 490 g/mol. The van der Waals surface area contributed by atoms with E-state index >= 15 is 0 Å². The van der Waals surface area contributed by atoms with Gasteiger partial charge in [0.25, 0.3) is 0 Å². The largest absolute Gasteiger partial charge is 0.418 e. The lowest BCUT2D eigenvalue weighted by Gasteiger charge is -2.35. The standard InChI is InChI=1S/C26H33F3N4O2/c1-3-20(2)33(25(35)30-23-12-8-7-11-22(23)26(27,28)29)14-13-24(34)32-17-15-31(16-18-32)19-21-9-5-4-6-10-21/h4-12,20H,3,13-19H2,1-2H3,(H,30,35). The van der Waals surface area contributed by atoms with E-state index in [4.69, 9.17) is 0 Å². The zero-order valence-corrected chi connectivity index (χ0v) is 20.2. The Labute approximate surface area is 204 Å². The predicted octanol–water partition coefficient (Wildman–Crippen LogP) is 5.07. The van der Waals surface area contributed by atoms with Crippen LogP contribution >= 0.6 is 0 Å². The third-order valence-corrected chi connectivity index (χ3v) is 6.40. The molecule has 1 atom stereocenters. The number of nitrogens with zero attached hydrogens (tertiary/aromatic N) is 3. The number of alkyl halides is 3. The Kier molecular flexibility index (Phi) is 9.14. The first-order chi connectivity index (χ1) is 16.7. The molecule has 0 aliphatic carbocycles. The van der Waals surface area contributed by atoms with Crippen molar-refractivity contribution < 1.29 is 22.8 Å². The van der Waals surface area contributed by atoms with Crippen molar-refractivity contribution in [2.24, 2.45) is 0 Å². The van der Waals surface area contributed by atoms with Crippen LogP contribution in [0.25, 0.3) is 0 Å². The van der Waals surface area contributed by atoms with Crippen molar-refractivity contribution in [1.29, 1.82) is 0 Å². The second-order valence-electron chi connectivity index (χ2n) is 8.82. The van der Waals surface area contributed by atoms with Crippen LogP contribution < -0.4 is 5.32 Å². The third-order valence-electron chi connectivity index (χ3n) is 6.40. The highest BCUT2D eigenvalue weighted by molar-refractivity contribution is 5.91. The van der Waals surface area contributed by atoms with Gasteiger partial charge in [0.15, 0.2) is 0 Å². The molecule has 0 radical (unpaired) electrons. The Morgan fingerprint density at radius 1 is 1.00 bits per heavy atom. The number of benzene rings is 2. The summed E-state index contributed by atoms with van der Waals surface area (Å²) >= 11 is 0. The topological polar surface area (TPSA) is 55.9 Å². The second kappa shape index (κ2) is 12.1. The summed E-state index contributed by atoms with van der Waals surface area (Å²) in [6, 6.07) is 14.2. The van der Waals surface area contributed by atoms with Crippen molar-refractivity contribution in [2.75, 3.05) is 38.0 Å². The molecule has 1 aliphatic rings. The summed E-state index contributed by atoms with van der Waals surface area (Å²) in [5.74, 6) is -0.0545. The van der Waals surface area contributed by atoms with E-state index < -0.39 is 17.8 Å². The Balaban J connectivity index is 1.55. The summed E-state index contributed by atoms with van der Waals surface area (Å²) in [6.45, 7) is 7.45. The molecule has 0 bridgehead atoms. The van der Waals surface area contributed by atoms with Crippen LogP contribution in [0.3, 0.4) is 0 Å². The van der Waals surface area contributed by atoms with Crippen LogP contribution in [0.4, 0.5) is 23.7 Å². The minimum atomic E-state index is -4.58. The summed E-state index contributed by atoms with van der Waals surface area (Å²) in [4.78, 5) is 31.3. The summed E-state index contributed by atoms with van der Waals surface area (Å²) in [7, 11) is 0. The molecule has 2 aromatic rings. The van der Waals surface area contributed by atoms with Gasteiger partial charge in [0.2, 0.25) is 5.91 Å². The van der Waals surface area contributed by atoms with E-state index in [0.29, 0.717) is 19.5 Å². The molecule has 6 nitrogen and oxygen atoms in total. The number of urea groups is 1. The number of piperazine rings is 1. The van der Waals surface area contributed by atoms with E-state index in [1.165, 1.54) is 28.7 Å². The average molecular weight is 491 g/mol. The Bertz CT molecular complexity index is 976. The molecular formula is C26H33F3N4O2. The fraction of sp³-hybridized carbons (Fsp3) is 0.462. The van der Waals surface area contributed by atoms with Crippen LogP contribution in [-0.4, -0.2) is 65.4 Å². The number of hydrogen-bond donors (Lipinski definition) is 1. The number of nitrogens with one attached hydrogen (secondary N) is 1. The maximum Gasteiger partial charge on any atom is 0.418 e. The predicted molar refractivity (Wildman–Crippen MR) is 130 cm³/mol. The lowest BCUT2D eigenvalue weighted by atomic mass is 10.1. The van der Waals surface area contributed by atoms with E-state index in [-0.39, 0.29) is 30.6 Å². The minimum absolute atomic E-state index is 0.0545.